The summed E-state index contributed by atoms with van der Waals surface area (Å²) in [5.41, 5.74) is -0.346. The molecule has 152 valence electrons. The molecule has 0 radical (unpaired) electrons. The van der Waals surface area contributed by atoms with Crippen LogP contribution in [0.2, 0.25) is 0 Å². The van der Waals surface area contributed by atoms with E-state index in [0.29, 0.717) is 28.5 Å². The number of benzene rings is 2. The first kappa shape index (κ1) is 19.4. The minimum Gasteiger partial charge on any atom is -0.497 e. The van der Waals surface area contributed by atoms with Crippen LogP contribution in [0.4, 0.5) is 0 Å². The molecule has 8 heteroatoms. The van der Waals surface area contributed by atoms with Gasteiger partial charge in [-0.05, 0) is 30.3 Å². The predicted octanol–water partition coefficient (Wildman–Crippen LogP) is 2.17. The highest BCUT2D eigenvalue weighted by Crippen LogP contribution is 2.33. The number of carbonyl (C=O) groups is 2. The van der Waals surface area contributed by atoms with E-state index in [-0.39, 0.29) is 6.42 Å². The molecule has 0 bridgehead atoms. The number of amidine groups is 1. The number of carbonyl (C=O) groups excluding carboxylic acids is 2. The minimum absolute atomic E-state index is 0.107. The Hall–Kier alpha value is -3.94. The maximum absolute atomic E-state index is 13.2. The van der Waals surface area contributed by atoms with Crippen molar-refractivity contribution >= 4 is 23.9 Å². The lowest BCUT2D eigenvalue weighted by molar-refractivity contribution is -0.126. The molecule has 2 aliphatic rings. The Bertz CT molecular complexity index is 1080. The first-order valence-electron chi connectivity index (χ1n) is 9.28. The average Bonchev–Trinajstić information content (AvgIpc) is 3.05. The second-order valence-electron chi connectivity index (χ2n) is 6.76. The van der Waals surface area contributed by atoms with Gasteiger partial charge in [0, 0.05) is 29.9 Å². The smallest absolute Gasteiger partial charge is 0.295 e. The van der Waals surface area contributed by atoms with Gasteiger partial charge in [-0.1, -0.05) is 18.2 Å². The summed E-state index contributed by atoms with van der Waals surface area (Å²) < 4.78 is 10.8. The number of aliphatic imine (C=N–C) groups is 2. The van der Waals surface area contributed by atoms with Gasteiger partial charge in [-0.3, -0.25) is 19.5 Å². The molecule has 1 N–H and O–H groups in total. The van der Waals surface area contributed by atoms with Crippen LogP contribution in [0.15, 0.2) is 70.9 Å². The third-order valence-electron chi connectivity index (χ3n) is 5.01. The number of hydrogen-bond donors (Lipinski definition) is 1. The van der Waals surface area contributed by atoms with E-state index in [0.717, 1.165) is 0 Å². The van der Waals surface area contributed by atoms with Crippen molar-refractivity contribution in [2.24, 2.45) is 9.98 Å². The minimum atomic E-state index is -1.47. The van der Waals surface area contributed by atoms with Crippen LogP contribution >= 0.6 is 0 Å². The fraction of sp³-hybridized carbons (Fsp3) is 0.182. The molecule has 30 heavy (non-hydrogen) atoms. The van der Waals surface area contributed by atoms with Crippen LogP contribution < -0.4 is 14.8 Å². The van der Waals surface area contributed by atoms with Crippen molar-refractivity contribution in [3.05, 3.63) is 72.1 Å². The van der Waals surface area contributed by atoms with E-state index in [4.69, 9.17) is 9.47 Å². The van der Waals surface area contributed by atoms with Crippen LogP contribution in [0.1, 0.15) is 15.9 Å². The number of nitrogens with zero attached hydrogens (tertiary/aromatic N) is 3. The fourth-order valence-corrected chi connectivity index (χ4v) is 3.52. The molecule has 0 spiro atoms. The highest BCUT2D eigenvalue weighted by Gasteiger charge is 2.51. The van der Waals surface area contributed by atoms with Gasteiger partial charge in [0.05, 0.1) is 20.4 Å². The van der Waals surface area contributed by atoms with Gasteiger partial charge in [-0.25, -0.2) is 0 Å². The largest absolute Gasteiger partial charge is 0.497 e. The molecular formula is C22H20N4O4. The fourth-order valence-electron chi connectivity index (χ4n) is 3.52. The summed E-state index contributed by atoms with van der Waals surface area (Å²) in [5.74, 6) is 0.651. The van der Waals surface area contributed by atoms with Crippen molar-refractivity contribution in [3.63, 3.8) is 0 Å². The molecule has 0 fully saturated rings. The maximum Gasteiger partial charge on any atom is 0.295 e. The molecule has 0 saturated heterocycles. The van der Waals surface area contributed by atoms with E-state index in [2.05, 4.69) is 15.3 Å². The molecule has 0 aliphatic carbocycles. The molecule has 2 heterocycles. The van der Waals surface area contributed by atoms with Gasteiger partial charge in [0.1, 0.15) is 11.5 Å². The Morgan fingerprint density at radius 2 is 1.93 bits per heavy atom. The Labute approximate surface area is 173 Å². The first-order chi connectivity index (χ1) is 14.6. The van der Waals surface area contributed by atoms with Gasteiger partial charge in [-0.15, -0.1) is 0 Å². The maximum atomic E-state index is 13.2. The predicted molar refractivity (Wildman–Crippen MR) is 112 cm³/mol. The summed E-state index contributed by atoms with van der Waals surface area (Å²) in [4.78, 5) is 36.0. The molecular weight excluding hydrogens is 384 g/mol. The first-order valence-corrected chi connectivity index (χ1v) is 9.28. The number of methoxy groups -OCH3 is 2. The lowest BCUT2D eigenvalue weighted by Gasteiger charge is -2.37. The highest BCUT2D eigenvalue weighted by atomic mass is 16.5. The quantitative estimate of drug-likeness (QED) is 0.797. The molecule has 0 saturated carbocycles. The molecule has 4 rings (SSSR count). The Morgan fingerprint density at radius 1 is 1.13 bits per heavy atom. The summed E-state index contributed by atoms with van der Waals surface area (Å²) in [6, 6.07) is 14.0. The van der Waals surface area contributed by atoms with Gasteiger partial charge < -0.3 is 14.8 Å². The molecule has 1 unspecified atom stereocenters. The standard InChI is InChI=1S/C22H20N4O4/c1-29-17-8-9-18(30-2)16(12-17)13-22(25-20(27)15-6-4-3-5-7-15)21(28)24-19-14-23-10-11-26(19)22/h3-12,14H,13H2,1-2H3,(H,25,27). The lowest BCUT2D eigenvalue weighted by atomic mass is 9.95. The van der Waals surface area contributed by atoms with Gasteiger partial charge in [-0.2, -0.15) is 4.99 Å². The van der Waals surface area contributed by atoms with Gasteiger partial charge >= 0.3 is 0 Å². The Balaban J connectivity index is 1.78. The SMILES string of the molecule is COc1ccc(OC)c(CC2(NC(=O)c3ccccc3)C(=O)N=C3C=NC=CN32)c1. The molecule has 2 aromatic carbocycles. The zero-order valence-electron chi connectivity index (χ0n) is 16.5. The number of nitrogens with one attached hydrogen (secondary N) is 1. The van der Waals surface area contributed by atoms with Gasteiger partial charge in [0.25, 0.3) is 11.8 Å². The molecule has 2 aliphatic heterocycles. The molecule has 2 amide bonds. The molecule has 8 nitrogen and oxygen atoms in total. The normalized spacial score (nSPS) is 19.3. The third-order valence-corrected chi connectivity index (χ3v) is 5.01. The third kappa shape index (κ3) is 3.32. The Kier molecular flexibility index (Phi) is 5.05. The van der Waals surface area contributed by atoms with Gasteiger partial charge in [0.2, 0.25) is 5.66 Å². The summed E-state index contributed by atoms with van der Waals surface area (Å²) >= 11 is 0. The number of hydrogen-bond acceptors (Lipinski definition) is 6. The van der Waals surface area contributed by atoms with E-state index in [1.54, 1.807) is 74.0 Å². The zero-order valence-corrected chi connectivity index (χ0v) is 16.5. The molecule has 0 aromatic heterocycles. The average molecular weight is 404 g/mol. The van der Waals surface area contributed by atoms with Crippen molar-refractivity contribution in [1.82, 2.24) is 10.2 Å². The second-order valence-corrected chi connectivity index (χ2v) is 6.76. The van der Waals surface area contributed by atoms with Crippen molar-refractivity contribution in [1.29, 1.82) is 0 Å². The van der Waals surface area contributed by atoms with E-state index in [1.165, 1.54) is 6.21 Å². The number of fused-ring (bicyclic) bond motifs is 1. The van der Waals surface area contributed by atoms with Crippen LogP contribution in [0.5, 0.6) is 11.5 Å². The summed E-state index contributed by atoms with van der Waals surface area (Å²) in [6.45, 7) is 0. The second kappa shape index (κ2) is 7.82. The lowest BCUT2D eigenvalue weighted by Crippen LogP contribution is -2.63. The number of ether oxygens (including phenoxy) is 2. The number of rotatable bonds is 6. The van der Waals surface area contributed by atoms with Crippen molar-refractivity contribution < 1.29 is 19.1 Å². The molecule has 2 aromatic rings. The van der Waals surface area contributed by atoms with E-state index in [9.17, 15) is 9.59 Å². The van der Waals surface area contributed by atoms with Crippen LogP contribution in [0.3, 0.4) is 0 Å². The van der Waals surface area contributed by atoms with E-state index >= 15 is 0 Å². The highest BCUT2D eigenvalue weighted by molar-refractivity contribution is 6.35. The van der Waals surface area contributed by atoms with Crippen LogP contribution in [-0.4, -0.2) is 48.6 Å². The molecule has 1 atom stereocenters. The monoisotopic (exact) mass is 404 g/mol. The van der Waals surface area contributed by atoms with Crippen LogP contribution in [-0.2, 0) is 11.2 Å². The van der Waals surface area contributed by atoms with Crippen molar-refractivity contribution in [2.75, 3.05) is 14.2 Å². The summed E-state index contributed by atoms with van der Waals surface area (Å²) in [5, 5.41) is 2.91. The van der Waals surface area contributed by atoms with Crippen molar-refractivity contribution in [3.8, 4) is 11.5 Å². The number of amides is 2. The van der Waals surface area contributed by atoms with Crippen LogP contribution in [0.25, 0.3) is 0 Å². The van der Waals surface area contributed by atoms with Gasteiger partial charge in [0.15, 0.2) is 5.84 Å². The topological polar surface area (TPSA) is 92.6 Å². The Morgan fingerprint density at radius 3 is 2.67 bits per heavy atom. The van der Waals surface area contributed by atoms with Crippen LogP contribution in [0, 0.1) is 0 Å². The van der Waals surface area contributed by atoms with Crippen molar-refractivity contribution in [2.45, 2.75) is 12.1 Å². The van der Waals surface area contributed by atoms with E-state index < -0.39 is 17.5 Å². The van der Waals surface area contributed by atoms with E-state index in [1.807, 2.05) is 6.07 Å². The summed E-state index contributed by atoms with van der Waals surface area (Å²) in [6.07, 6.45) is 4.76. The summed E-state index contributed by atoms with van der Waals surface area (Å²) in [7, 11) is 3.11. The zero-order chi connectivity index (χ0) is 21.1.